The second-order valence-corrected chi connectivity index (χ2v) is 2.85. The largest absolute Gasteiger partial charge is 0.481 e. The second kappa shape index (κ2) is 14.4. The van der Waals surface area contributed by atoms with Crippen molar-refractivity contribution in [3.05, 3.63) is 0 Å². The SMILES string of the molecule is O=C(O)C(O)C(O)C(=O)O.O=C(O)CCC(=O)O.[AlH3].[Zn]. The van der Waals surface area contributed by atoms with Crippen molar-refractivity contribution in [2.45, 2.75) is 25.0 Å². The summed E-state index contributed by atoms with van der Waals surface area (Å²) in [5, 5.41) is 48.3. The molecule has 2 atom stereocenters. The molecule has 10 nitrogen and oxygen atoms in total. The van der Waals surface area contributed by atoms with Crippen molar-refractivity contribution in [3.8, 4) is 0 Å². The fraction of sp³-hybridized carbons (Fsp3) is 0.500. The van der Waals surface area contributed by atoms with Gasteiger partial charge in [-0.15, -0.1) is 0 Å². The van der Waals surface area contributed by atoms with Gasteiger partial charge in [-0.2, -0.15) is 0 Å². The van der Waals surface area contributed by atoms with Gasteiger partial charge < -0.3 is 30.6 Å². The van der Waals surface area contributed by atoms with Crippen LogP contribution in [-0.2, 0) is 38.7 Å². The van der Waals surface area contributed by atoms with Crippen molar-refractivity contribution < 1.29 is 69.3 Å². The summed E-state index contributed by atoms with van der Waals surface area (Å²) < 4.78 is 0. The molecule has 0 bridgehead atoms. The van der Waals surface area contributed by atoms with Crippen LogP contribution in [0.2, 0.25) is 0 Å². The van der Waals surface area contributed by atoms with E-state index in [0.29, 0.717) is 0 Å². The minimum Gasteiger partial charge on any atom is -0.481 e. The van der Waals surface area contributed by atoms with Crippen LogP contribution in [0.3, 0.4) is 0 Å². The van der Waals surface area contributed by atoms with Crippen molar-refractivity contribution in [2.75, 3.05) is 0 Å². The molecule has 0 aromatic carbocycles. The van der Waals surface area contributed by atoms with Crippen LogP contribution in [0.1, 0.15) is 12.8 Å². The molecule has 0 saturated carbocycles. The average molecular weight is 364 g/mol. The summed E-state index contributed by atoms with van der Waals surface area (Å²) in [7, 11) is 0. The van der Waals surface area contributed by atoms with E-state index in [2.05, 4.69) is 0 Å². The monoisotopic (exact) mass is 362 g/mol. The first-order valence-corrected chi connectivity index (χ1v) is 4.35. The van der Waals surface area contributed by atoms with Gasteiger partial charge in [-0.1, -0.05) is 0 Å². The summed E-state index contributed by atoms with van der Waals surface area (Å²) in [5.41, 5.74) is 0. The Bertz CT molecular complexity index is 301. The molecule has 0 amide bonds. The number of aliphatic carboxylic acids is 4. The maximum Gasteiger partial charge on any atom is 0.335 e. The molecule has 0 radical (unpaired) electrons. The van der Waals surface area contributed by atoms with Gasteiger partial charge in [0.1, 0.15) is 0 Å². The molecule has 20 heavy (non-hydrogen) atoms. The molecule has 0 saturated heterocycles. The Labute approximate surface area is 135 Å². The summed E-state index contributed by atoms with van der Waals surface area (Å²) >= 11 is 0. The van der Waals surface area contributed by atoms with E-state index in [1.165, 1.54) is 0 Å². The number of hydrogen-bond acceptors (Lipinski definition) is 6. The predicted molar refractivity (Wildman–Crippen MR) is 61.7 cm³/mol. The molecule has 112 valence electrons. The quantitative estimate of drug-likeness (QED) is 0.260. The van der Waals surface area contributed by atoms with Crippen molar-refractivity contribution in [3.63, 3.8) is 0 Å². The summed E-state index contributed by atoms with van der Waals surface area (Å²) in [6, 6.07) is 0. The van der Waals surface area contributed by atoms with E-state index in [1.54, 1.807) is 0 Å². The summed E-state index contributed by atoms with van der Waals surface area (Å²) in [4.78, 5) is 38.8. The number of aliphatic hydroxyl groups is 2. The smallest absolute Gasteiger partial charge is 0.335 e. The average Bonchev–Trinajstić information content (AvgIpc) is 2.24. The zero-order chi connectivity index (χ0) is 14.9. The van der Waals surface area contributed by atoms with E-state index in [9.17, 15) is 19.2 Å². The number of rotatable bonds is 6. The standard InChI is InChI=1S/C4H6O6.C4H6O4.Al.Zn.3H/c5-1(3(7)8)2(6)4(9)10;5-3(6)1-2-4(7)8;;;;;/h1-2,5-6H,(H,7,8)(H,9,10);1-2H2,(H,5,6)(H,7,8);;;;;. The number of carboxylic acids is 4. The van der Waals surface area contributed by atoms with Gasteiger partial charge in [0.05, 0.1) is 12.8 Å². The number of carboxylic acid groups (broad SMARTS) is 4. The molecule has 0 aliphatic heterocycles. The summed E-state index contributed by atoms with van der Waals surface area (Å²) in [6.07, 6.45) is -5.13. The first kappa shape index (κ1) is 27.3. The Morgan fingerprint density at radius 1 is 0.700 bits per heavy atom. The van der Waals surface area contributed by atoms with Crippen LogP contribution >= 0.6 is 0 Å². The normalized spacial score (nSPS) is 11.3. The zero-order valence-corrected chi connectivity index (χ0v) is 12.6. The van der Waals surface area contributed by atoms with Gasteiger partial charge in [0.25, 0.3) is 0 Å². The Morgan fingerprint density at radius 2 is 0.900 bits per heavy atom. The molecule has 12 heteroatoms. The zero-order valence-electron chi connectivity index (χ0n) is 9.59. The molecule has 0 rings (SSSR count). The topological polar surface area (TPSA) is 190 Å². The fourth-order valence-corrected chi connectivity index (χ4v) is 0.484. The first-order valence-electron chi connectivity index (χ1n) is 4.35. The van der Waals surface area contributed by atoms with E-state index in [4.69, 9.17) is 30.6 Å². The van der Waals surface area contributed by atoms with E-state index in [1.807, 2.05) is 0 Å². The third-order valence-electron chi connectivity index (χ3n) is 1.36. The predicted octanol–water partition coefficient (Wildman–Crippen LogP) is -3.37. The second-order valence-electron chi connectivity index (χ2n) is 2.85. The molecule has 0 aromatic heterocycles. The minimum absolute atomic E-state index is 0. The maximum absolute atomic E-state index is 9.77. The van der Waals surface area contributed by atoms with Crippen molar-refractivity contribution in [1.29, 1.82) is 0 Å². The Kier molecular flexibility index (Phi) is 19.6. The Morgan fingerprint density at radius 3 is 1.00 bits per heavy atom. The van der Waals surface area contributed by atoms with Gasteiger partial charge in [0.2, 0.25) is 0 Å². The first-order chi connectivity index (χ1) is 8.09. The number of aliphatic hydroxyl groups excluding tert-OH is 2. The molecule has 0 aliphatic carbocycles. The molecule has 6 N–H and O–H groups in total. The van der Waals surface area contributed by atoms with Crippen molar-refractivity contribution in [2.24, 2.45) is 0 Å². The molecular weight excluding hydrogens is 348 g/mol. The minimum atomic E-state index is -2.27. The summed E-state index contributed by atoms with van der Waals surface area (Å²) in [5.74, 6) is -5.69. The Hall–Kier alpha value is -1.04. The van der Waals surface area contributed by atoms with E-state index in [-0.39, 0.29) is 49.7 Å². The fourth-order valence-electron chi connectivity index (χ4n) is 0.484. The van der Waals surface area contributed by atoms with Gasteiger partial charge >= 0.3 is 23.9 Å². The van der Waals surface area contributed by atoms with E-state index in [0.717, 1.165) is 0 Å². The number of carbonyl (C=O) groups is 4. The van der Waals surface area contributed by atoms with Gasteiger partial charge in [0.15, 0.2) is 29.6 Å². The van der Waals surface area contributed by atoms with Crippen LogP contribution in [0.25, 0.3) is 0 Å². The molecule has 0 aliphatic rings. The van der Waals surface area contributed by atoms with E-state index < -0.39 is 36.1 Å². The van der Waals surface area contributed by atoms with Crippen LogP contribution < -0.4 is 0 Å². The van der Waals surface area contributed by atoms with Crippen LogP contribution in [0, 0.1) is 0 Å². The molecule has 2 unspecified atom stereocenters. The van der Waals surface area contributed by atoms with Gasteiger partial charge in [-0.3, -0.25) is 9.59 Å². The van der Waals surface area contributed by atoms with Crippen molar-refractivity contribution in [1.82, 2.24) is 0 Å². The Balaban J connectivity index is -0.000000119. The number of hydrogen-bond donors (Lipinski definition) is 6. The van der Waals surface area contributed by atoms with Crippen LogP contribution in [0.15, 0.2) is 0 Å². The van der Waals surface area contributed by atoms with Crippen LogP contribution in [0.5, 0.6) is 0 Å². The molecule has 0 fully saturated rings. The van der Waals surface area contributed by atoms with Crippen LogP contribution in [-0.4, -0.2) is 84.1 Å². The van der Waals surface area contributed by atoms with Gasteiger partial charge in [0, 0.05) is 19.5 Å². The maximum atomic E-state index is 9.77. The van der Waals surface area contributed by atoms with Gasteiger partial charge in [-0.05, 0) is 0 Å². The summed E-state index contributed by atoms with van der Waals surface area (Å²) in [6.45, 7) is 0. The third-order valence-corrected chi connectivity index (χ3v) is 1.36. The van der Waals surface area contributed by atoms with Gasteiger partial charge in [-0.25, -0.2) is 9.59 Å². The third kappa shape index (κ3) is 17.0. The molecule has 0 heterocycles. The van der Waals surface area contributed by atoms with Crippen molar-refractivity contribution >= 4 is 41.2 Å². The molecule has 0 aromatic rings. The van der Waals surface area contributed by atoms with E-state index >= 15 is 0 Å². The molecule has 0 spiro atoms. The van der Waals surface area contributed by atoms with Crippen LogP contribution in [0.4, 0.5) is 0 Å². The molecular formula is C8H15AlO10Zn.